The van der Waals surface area contributed by atoms with Gasteiger partial charge in [0.25, 0.3) is 5.91 Å². The first-order valence-corrected chi connectivity index (χ1v) is 7.70. The maximum atomic E-state index is 12.6. The average Bonchev–Trinajstić information content (AvgIpc) is 3.26. The fraction of sp³-hybridized carbons (Fsp3) is 0.333. The first kappa shape index (κ1) is 13.9. The zero-order chi connectivity index (χ0) is 14.8. The normalized spacial score (nSPS) is 14.0. The summed E-state index contributed by atoms with van der Waals surface area (Å²) < 4.78 is 5.15. The quantitative estimate of drug-likeness (QED) is 0.921. The van der Waals surface area contributed by atoms with Crippen molar-refractivity contribution in [2.45, 2.75) is 25.4 Å². The molecule has 0 unspecified atom stereocenters. The standard InChI is InChI=1S/C15H17N3O2S/c1-20-12-6-2-10(3-7-12)8-18(11-4-5-11)14(19)13-9-21-15(16)17-13/h2-3,6-7,9,11H,4-5,8H2,1H3,(H2,16,17). The summed E-state index contributed by atoms with van der Waals surface area (Å²) in [4.78, 5) is 18.5. The minimum absolute atomic E-state index is 0.0405. The van der Waals surface area contributed by atoms with Crippen molar-refractivity contribution in [3.8, 4) is 5.75 Å². The Kier molecular flexibility index (Phi) is 3.79. The molecule has 2 N–H and O–H groups in total. The number of benzene rings is 1. The maximum absolute atomic E-state index is 12.6. The smallest absolute Gasteiger partial charge is 0.273 e. The molecular formula is C15H17N3O2S. The van der Waals surface area contributed by atoms with Crippen LogP contribution in [0.15, 0.2) is 29.6 Å². The third-order valence-electron chi connectivity index (χ3n) is 3.50. The SMILES string of the molecule is COc1ccc(CN(C(=O)c2csc(N)n2)C2CC2)cc1. The van der Waals surface area contributed by atoms with Gasteiger partial charge >= 0.3 is 0 Å². The molecule has 1 aromatic carbocycles. The Morgan fingerprint density at radius 3 is 2.67 bits per heavy atom. The molecule has 1 amide bonds. The number of rotatable bonds is 5. The van der Waals surface area contributed by atoms with Crippen LogP contribution >= 0.6 is 11.3 Å². The van der Waals surface area contributed by atoms with Crippen LogP contribution in [0.3, 0.4) is 0 Å². The van der Waals surface area contributed by atoms with Gasteiger partial charge in [0.2, 0.25) is 0 Å². The van der Waals surface area contributed by atoms with Crippen molar-refractivity contribution in [1.82, 2.24) is 9.88 Å². The van der Waals surface area contributed by atoms with E-state index in [1.165, 1.54) is 11.3 Å². The summed E-state index contributed by atoms with van der Waals surface area (Å²) in [7, 11) is 1.64. The maximum Gasteiger partial charge on any atom is 0.273 e. The molecule has 2 aromatic rings. The molecule has 110 valence electrons. The molecule has 1 heterocycles. The Labute approximate surface area is 127 Å². The minimum atomic E-state index is -0.0405. The van der Waals surface area contributed by atoms with Crippen molar-refractivity contribution in [1.29, 1.82) is 0 Å². The van der Waals surface area contributed by atoms with Crippen LogP contribution in [-0.4, -0.2) is 28.9 Å². The molecule has 1 fully saturated rings. The molecule has 1 saturated carbocycles. The Morgan fingerprint density at radius 1 is 1.43 bits per heavy atom. The molecule has 3 rings (SSSR count). The lowest BCUT2D eigenvalue weighted by Crippen LogP contribution is -2.32. The van der Waals surface area contributed by atoms with E-state index in [0.717, 1.165) is 24.2 Å². The fourth-order valence-electron chi connectivity index (χ4n) is 2.21. The number of thiazole rings is 1. The predicted molar refractivity (Wildman–Crippen MR) is 82.4 cm³/mol. The first-order valence-electron chi connectivity index (χ1n) is 6.82. The van der Waals surface area contributed by atoms with Gasteiger partial charge in [-0.15, -0.1) is 11.3 Å². The van der Waals surface area contributed by atoms with E-state index in [9.17, 15) is 4.79 Å². The highest BCUT2D eigenvalue weighted by molar-refractivity contribution is 7.13. The van der Waals surface area contributed by atoms with E-state index in [4.69, 9.17) is 10.5 Å². The van der Waals surface area contributed by atoms with Gasteiger partial charge in [-0.3, -0.25) is 4.79 Å². The number of carbonyl (C=O) groups excluding carboxylic acids is 1. The summed E-state index contributed by atoms with van der Waals surface area (Å²) >= 11 is 1.30. The fourth-order valence-corrected chi connectivity index (χ4v) is 2.75. The summed E-state index contributed by atoms with van der Waals surface area (Å²) in [5.74, 6) is 0.775. The molecule has 0 bridgehead atoms. The lowest BCUT2D eigenvalue weighted by atomic mass is 10.2. The zero-order valence-electron chi connectivity index (χ0n) is 11.8. The number of nitrogen functional groups attached to an aromatic ring is 1. The van der Waals surface area contributed by atoms with Crippen molar-refractivity contribution in [3.63, 3.8) is 0 Å². The molecule has 1 aliphatic rings. The van der Waals surface area contributed by atoms with E-state index in [-0.39, 0.29) is 5.91 Å². The van der Waals surface area contributed by atoms with Gasteiger partial charge < -0.3 is 15.4 Å². The molecule has 21 heavy (non-hydrogen) atoms. The molecule has 0 atom stereocenters. The lowest BCUT2D eigenvalue weighted by Gasteiger charge is -2.21. The second-order valence-electron chi connectivity index (χ2n) is 5.08. The number of nitrogens with zero attached hydrogens (tertiary/aromatic N) is 2. The Morgan fingerprint density at radius 2 is 2.14 bits per heavy atom. The van der Waals surface area contributed by atoms with Crippen LogP contribution in [-0.2, 0) is 6.54 Å². The average molecular weight is 303 g/mol. The van der Waals surface area contributed by atoms with E-state index < -0.39 is 0 Å². The molecule has 0 spiro atoms. The lowest BCUT2D eigenvalue weighted by molar-refractivity contribution is 0.0725. The Hall–Kier alpha value is -2.08. The molecule has 0 radical (unpaired) electrons. The molecule has 0 aliphatic heterocycles. The number of methoxy groups -OCH3 is 1. The third kappa shape index (κ3) is 3.16. The van der Waals surface area contributed by atoms with Gasteiger partial charge in [0.1, 0.15) is 11.4 Å². The number of carbonyl (C=O) groups is 1. The largest absolute Gasteiger partial charge is 0.497 e. The van der Waals surface area contributed by atoms with E-state index in [1.807, 2.05) is 29.2 Å². The molecule has 6 heteroatoms. The summed E-state index contributed by atoms with van der Waals surface area (Å²) in [6.07, 6.45) is 2.11. The van der Waals surface area contributed by atoms with Crippen molar-refractivity contribution in [2.75, 3.05) is 12.8 Å². The van der Waals surface area contributed by atoms with Crippen LogP contribution in [0, 0.1) is 0 Å². The number of amides is 1. The van der Waals surface area contributed by atoms with E-state index in [2.05, 4.69) is 4.98 Å². The Bertz CT molecular complexity index is 635. The first-order chi connectivity index (χ1) is 10.2. The number of ether oxygens (including phenoxy) is 1. The van der Waals surface area contributed by atoms with Crippen molar-refractivity contribution < 1.29 is 9.53 Å². The van der Waals surface area contributed by atoms with Gasteiger partial charge in [-0.1, -0.05) is 12.1 Å². The van der Waals surface area contributed by atoms with Crippen molar-refractivity contribution in [3.05, 3.63) is 40.9 Å². The van der Waals surface area contributed by atoms with Crippen molar-refractivity contribution in [2.24, 2.45) is 0 Å². The molecule has 0 saturated heterocycles. The Balaban J connectivity index is 1.76. The van der Waals surface area contributed by atoms with Crippen LogP contribution < -0.4 is 10.5 Å². The number of hydrogen-bond acceptors (Lipinski definition) is 5. The molecule has 5 nitrogen and oxygen atoms in total. The summed E-state index contributed by atoms with van der Waals surface area (Å²) in [6, 6.07) is 8.10. The summed E-state index contributed by atoms with van der Waals surface area (Å²) in [5, 5.41) is 2.15. The van der Waals surface area contributed by atoms with E-state index in [1.54, 1.807) is 12.5 Å². The van der Waals surface area contributed by atoms with Gasteiger partial charge in [0.05, 0.1) is 7.11 Å². The van der Waals surface area contributed by atoms with Gasteiger partial charge in [-0.25, -0.2) is 4.98 Å². The van der Waals surface area contributed by atoms with Gasteiger partial charge in [0, 0.05) is 18.0 Å². The second-order valence-corrected chi connectivity index (χ2v) is 5.97. The monoisotopic (exact) mass is 303 g/mol. The second kappa shape index (κ2) is 5.73. The highest BCUT2D eigenvalue weighted by Gasteiger charge is 2.33. The summed E-state index contributed by atoms with van der Waals surface area (Å²) in [5.41, 5.74) is 7.14. The van der Waals surface area contributed by atoms with Crippen LogP contribution in [0.25, 0.3) is 0 Å². The topological polar surface area (TPSA) is 68.5 Å². The minimum Gasteiger partial charge on any atom is -0.497 e. The van der Waals surface area contributed by atoms with Crippen molar-refractivity contribution >= 4 is 22.4 Å². The predicted octanol–water partition coefficient (Wildman–Crippen LogP) is 2.54. The van der Waals surface area contributed by atoms with E-state index >= 15 is 0 Å². The van der Waals surface area contributed by atoms with E-state index in [0.29, 0.717) is 23.4 Å². The molecule has 1 aromatic heterocycles. The van der Waals surface area contributed by atoms with Crippen LogP contribution in [0.2, 0.25) is 0 Å². The summed E-state index contributed by atoms with van der Waals surface area (Å²) in [6.45, 7) is 0.588. The molecular weight excluding hydrogens is 286 g/mol. The van der Waals surface area contributed by atoms with Crippen LogP contribution in [0.4, 0.5) is 5.13 Å². The number of aromatic nitrogens is 1. The molecule has 1 aliphatic carbocycles. The zero-order valence-corrected chi connectivity index (χ0v) is 12.6. The number of hydrogen-bond donors (Lipinski definition) is 1. The number of anilines is 1. The number of nitrogens with two attached hydrogens (primary N) is 1. The van der Waals surface area contributed by atoms with Crippen LogP contribution in [0.5, 0.6) is 5.75 Å². The van der Waals surface area contributed by atoms with Gasteiger partial charge in [-0.05, 0) is 30.5 Å². The third-order valence-corrected chi connectivity index (χ3v) is 4.18. The highest BCUT2D eigenvalue weighted by Crippen LogP contribution is 2.30. The highest BCUT2D eigenvalue weighted by atomic mass is 32.1. The van der Waals surface area contributed by atoms with Gasteiger partial charge in [-0.2, -0.15) is 0 Å². The van der Waals surface area contributed by atoms with Crippen LogP contribution in [0.1, 0.15) is 28.9 Å². The van der Waals surface area contributed by atoms with Gasteiger partial charge in [0.15, 0.2) is 5.13 Å².